The van der Waals surface area contributed by atoms with Gasteiger partial charge in [0.15, 0.2) is 0 Å². The zero-order valence-corrected chi connectivity index (χ0v) is 8.46. The average molecular weight is 184 g/mol. The molecule has 0 nitrogen and oxygen atoms in total. The average Bonchev–Trinajstić information content (AvgIpc) is 1.71. The van der Waals surface area contributed by atoms with Crippen molar-refractivity contribution in [1.82, 2.24) is 0 Å². The van der Waals surface area contributed by atoms with Gasteiger partial charge in [-0.15, -0.1) is 5.54 Å². The molecule has 0 spiro atoms. The van der Waals surface area contributed by atoms with E-state index in [4.69, 9.17) is 6.42 Å². The molecule has 0 saturated carbocycles. The van der Waals surface area contributed by atoms with Crippen molar-refractivity contribution in [2.24, 2.45) is 0 Å². The van der Waals surface area contributed by atoms with Crippen molar-refractivity contribution in [3.05, 3.63) is 6.42 Å². The molecule has 1 radical (unpaired) electrons. The minimum atomic E-state index is -1.21. The van der Waals surface area contributed by atoms with Gasteiger partial charge in [0.2, 0.25) is 0 Å². The van der Waals surface area contributed by atoms with Crippen molar-refractivity contribution in [3.63, 3.8) is 0 Å². The fourth-order valence-electron chi connectivity index (χ4n) is 0. The van der Waals surface area contributed by atoms with Crippen LogP contribution in [0.4, 0.5) is 0 Å². The van der Waals surface area contributed by atoms with Gasteiger partial charge in [-0.1, -0.05) is 19.6 Å². The van der Waals surface area contributed by atoms with E-state index in [-0.39, 0.29) is 0 Å². The molecule has 41 valence electrons. The van der Waals surface area contributed by atoms with Crippen LogP contribution >= 0.6 is 13.7 Å². The summed E-state index contributed by atoms with van der Waals surface area (Å²) >= 11 is 4.75. The number of rotatable bonds is 0. The van der Waals surface area contributed by atoms with E-state index >= 15 is 0 Å². The quantitative estimate of drug-likeness (QED) is 0.398. The molecule has 0 amide bonds. The van der Waals surface area contributed by atoms with E-state index in [0.717, 1.165) is 0 Å². The fourth-order valence-corrected chi connectivity index (χ4v) is 0. The second kappa shape index (κ2) is 5.98. The Morgan fingerprint density at radius 2 is 1.50 bits per heavy atom. The minimum absolute atomic E-state index is 1.21. The molecule has 0 fully saturated rings. The summed E-state index contributed by atoms with van der Waals surface area (Å²) in [5.41, 5.74) is 2.49. The summed E-state index contributed by atoms with van der Waals surface area (Å²) in [6.07, 6.45) is 6.67. The van der Waals surface area contributed by atoms with Gasteiger partial charge in [-0.3, -0.25) is 0 Å². The molecule has 0 bridgehead atoms. The van der Waals surface area contributed by atoms with Crippen LogP contribution in [-0.4, -0.2) is 23.9 Å². The molecular formula is C5H9BrLiSi. The van der Waals surface area contributed by atoms with E-state index in [0.29, 0.717) is 0 Å². The van der Waals surface area contributed by atoms with E-state index < -0.39 is 8.07 Å². The molecule has 0 aromatic heterocycles. The van der Waals surface area contributed by atoms with Gasteiger partial charge in [-0.25, -0.2) is 0 Å². The molecule has 0 aliphatic heterocycles. The first-order chi connectivity index (χ1) is 3.56. The molecule has 0 N–H and O–H groups in total. The molecule has 0 saturated heterocycles. The maximum atomic E-state index is 6.67. The van der Waals surface area contributed by atoms with Gasteiger partial charge in [0.1, 0.15) is 8.07 Å². The Balaban J connectivity index is 0. The van der Waals surface area contributed by atoms with Crippen LogP contribution in [-0.2, 0) is 0 Å². The Hall–Kier alpha value is 0.854. The van der Waals surface area contributed by atoms with Gasteiger partial charge in [-0.2, -0.15) is 0 Å². The van der Waals surface area contributed by atoms with Gasteiger partial charge < -0.3 is 0 Å². The van der Waals surface area contributed by atoms with E-state index in [1.165, 1.54) is 0 Å². The third kappa shape index (κ3) is 15.8. The summed E-state index contributed by atoms with van der Waals surface area (Å²) < 4.78 is 0. The Kier molecular flexibility index (Phi) is 8.69. The molecule has 8 heavy (non-hydrogen) atoms. The van der Waals surface area contributed by atoms with Crippen molar-refractivity contribution in [1.29, 1.82) is 0 Å². The summed E-state index contributed by atoms with van der Waals surface area (Å²) in [6, 6.07) is 0. The Bertz CT molecular complexity index is 79.4. The van der Waals surface area contributed by atoms with Crippen molar-refractivity contribution in [2.45, 2.75) is 19.6 Å². The van der Waals surface area contributed by atoms with Gasteiger partial charge in [0, 0.05) is 0 Å². The predicted octanol–water partition coefficient (Wildman–Crippen LogP) is 1.92. The summed E-state index contributed by atoms with van der Waals surface area (Å²) in [6.45, 7) is 6.25. The zero-order chi connectivity index (χ0) is 7.21. The van der Waals surface area contributed by atoms with E-state index in [1.54, 1.807) is 0 Å². The van der Waals surface area contributed by atoms with Crippen LogP contribution in [0.2, 0.25) is 19.6 Å². The third-order valence-electron chi connectivity index (χ3n) is 0.375. The van der Waals surface area contributed by atoms with Crippen LogP contribution < -0.4 is 0 Å². The number of hydrogen-bond acceptors (Lipinski definition) is 0. The molecule has 3 heteroatoms. The summed E-state index contributed by atoms with van der Waals surface area (Å²) in [5, 5.41) is 0. The van der Waals surface area contributed by atoms with E-state index in [9.17, 15) is 0 Å². The monoisotopic (exact) mass is 183 g/mol. The van der Waals surface area contributed by atoms with Crippen LogP contribution in [0.1, 0.15) is 0 Å². The van der Waals surface area contributed by atoms with E-state index in [1.807, 2.05) is 15.8 Å². The molecule has 0 aliphatic carbocycles. The molecule has 0 atom stereocenters. The van der Waals surface area contributed by atoms with Crippen molar-refractivity contribution < 1.29 is 0 Å². The number of hydrogen-bond donors (Lipinski definition) is 0. The van der Waals surface area contributed by atoms with Gasteiger partial charge >= 0.3 is 29.5 Å². The molecule has 0 aromatic carbocycles. The molecule has 0 heterocycles. The fraction of sp³-hybridized carbons (Fsp3) is 0.600. The van der Waals surface area contributed by atoms with Crippen molar-refractivity contribution >= 4 is 37.6 Å². The molecule has 0 rings (SSSR count). The van der Waals surface area contributed by atoms with Crippen LogP contribution in [0.25, 0.3) is 0 Å². The first-order valence-electron chi connectivity index (χ1n) is 2.38. The Morgan fingerprint density at radius 3 is 1.50 bits per heavy atom. The first-order valence-corrected chi connectivity index (χ1v) is 7.46. The van der Waals surface area contributed by atoms with Gasteiger partial charge in [0.25, 0.3) is 0 Å². The van der Waals surface area contributed by atoms with Crippen molar-refractivity contribution in [2.75, 3.05) is 0 Å². The molecule has 0 aromatic rings. The second-order valence-corrected chi connectivity index (χ2v) is 7.12. The number of halogens is 1. The molecule has 0 unspecified atom stereocenters. The third-order valence-corrected chi connectivity index (χ3v) is 1.12. The Labute approximate surface area is 69.1 Å². The summed E-state index contributed by atoms with van der Waals surface area (Å²) in [4.78, 5) is 0. The topological polar surface area (TPSA) is 0 Å². The first kappa shape index (κ1) is 11.6. The summed E-state index contributed by atoms with van der Waals surface area (Å²) in [7, 11) is -1.21. The molecule has 0 aliphatic rings. The van der Waals surface area contributed by atoms with Crippen LogP contribution in [0.3, 0.4) is 0 Å². The van der Waals surface area contributed by atoms with Crippen LogP contribution in [0.15, 0.2) is 0 Å². The van der Waals surface area contributed by atoms with Crippen LogP contribution in [0, 0.1) is 12.0 Å². The Morgan fingerprint density at radius 1 is 1.38 bits per heavy atom. The van der Waals surface area contributed by atoms with Gasteiger partial charge in [-0.05, 0) is 6.42 Å². The molecular weight excluding hydrogens is 175 g/mol. The standard InChI is InChI=1S/C5H9Si.BrH.Li/c1-5-6(2,3)4;;/h2-4H3;1H;/q;;+1/p-1. The SMILES string of the molecule is [C]#C[Si](C)(C)C.[Li][Br]. The van der Waals surface area contributed by atoms with Crippen LogP contribution in [0.5, 0.6) is 0 Å². The zero-order valence-electron chi connectivity index (χ0n) is 5.88. The van der Waals surface area contributed by atoms with Crippen molar-refractivity contribution in [3.8, 4) is 5.54 Å². The van der Waals surface area contributed by atoms with E-state index in [2.05, 4.69) is 38.9 Å². The second-order valence-electron chi connectivity index (χ2n) is 2.38. The summed E-state index contributed by atoms with van der Waals surface area (Å²) in [5.74, 6) is 0. The maximum absolute atomic E-state index is 6.67. The van der Waals surface area contributed by atoms with Gasteiger partial charge in [0.05, 0.1) is 0 Å². The predicted molar refractivity (Wildman–Crippen MR) is 45.2 cm³/mol. The normalized spacial score (nSPS) is 8.62.